The summed E-state index contributed by atoms with van der Waals surface area (Å²) in [5.41, 5.74) is 9.19. The minimum Gasteiger partial charge on any atom is -0.256 e. The van der Waals surface area contributed by atoms with Gasteiger partial charge in [-0.15, -0.1) is 0 Å². The molecular formula is C41H27N. The maximum Gasteiger partial charge on any atom is 0.0709 e. The molecule has 0 atom stereocenters. The van der Waals surface area contributed by atoms with Crippen LogP contribution in [-0.2, 0) is 0 Å². The average molecular weight is 534 g/mol. The summed E-state index contributed by atoms with van der Waals surface area (Å²) in [5, 5.41) is 7.60. The molecule has 196 valence electrons. The van der Waals surface area contributed by atoms with Crippen LogP contribution in [0.15, 0.2) is 164 Å². The second-order valence-corrected chi connectivity index (χ2v) is 10.7. The number of benzene rings is 7. The van der Waals surface area contributed by atoms with Crippen molar-refractivity contribution in [3.63, 3.8) is 0 Å². The van der Waals surface area contributed by atoms with Gasteiger partial charge in [-0.3, -0.25) is 4.98 Å². The molecule has 7 aromatic carbocycles. The maximum atomic E-state index is 5.10. The van der Waals surface area contributed by atoms with E-state index in [-0.39, 0.29) is 0 Å². The third-order valence-electron chi connectivity index (χ3n) is 8.30. The summed E-state index contributed by atoms with van der Waals surface area (Å²) >= 11 is 0. The van der Waals surface area contributed by atoms with Gasteiger partial charge in [-0.2, -0.15) is 0 Å². The van der Waals surface area contributed by atoms with Gasteiger partial charge in [-0.25, -0.2) is 0 Å². The highest BCUT2D eigenvalue weighted by Gasteiger charge is 2.21. The number of aromatic nitrogens is 1. The minimum atomic E-state index is 0.963. The van der Waals surface area contributed by atoms with Crippen molar-refractivity contribution in [2.75, 3.05) is 0 Å². The quantitative estimate of drug-likeness (QED) is 0.205. The minimum absolute atomic E-state index is 0.963. The smallest absolute Gasteiger partial charge is 0.0709 e. The van der Waals surface area contributed by atoms with Crippen molar-refractivity contribution in [2.45, 2.75) is 0 Å². The molecule has 0 N–H and O–H groups in total. The zero-order valence-corrected chi connectivity index (χ0v) is 23.0. The molecule has 0 fully saturated rings. The Morgan fingerprint density at radius 3 is 1.40 bits per heavy atom. The molecule has 0 aliphatic rings. The summed E-state index contributed by atoms with van der Waals surface area (Å²) in [5.74, 6) is 0. The molecule has 0 spiro atoms. The van der Waals surface area contributed by atoms with Crippen molar-refractivity contribution in [1.82, 2.24) is 4.98 Å². The van der Waals surface area contributed by atoms with E-state index in [1.54, 1.807) is 0 Å². The molecule has 0 radical (unpaired) electrons. The highest BCUT2D eigenvalue weighted by molar-refractivity contribution is 6.32. The van der Waals surface area contributed by atoms with Crippen LogP contribution in [-0.4, -0.2) is 4.98 Å². The molecule has 0 bridgehead atoms. The first-order valence-corrected chi connectivity index (χ1v) is 14.4. The van der Waals surface area contributed by atoms with Gasteiger partial charge < -0.3 is 0 Å². The molecular weight excluding hydrogens is 506 g/mol. The SMILES string of the molecule is c1ccc(-c2ccc(-c3cc(-c4ccccc4)c4c5ccccc5c5ccccc5c4c3-c3ccccc3)nc2)cc1. The van der Waals surface area contributed by atoms with E-state index in [2.05, 4.69) is 152 Å². The van der Waals surface area contributed by atoms with Crippen LogP contribution in [0.3, 0.4) is 0 Å². The van der Waals surface area contributed by atoms with Crippen LogP contribution in [0.1, 0.15) is 0 Å². The van der Waals surface area contributed by atoms with E-state index in [4.69, 9.17) is 4.98 Å². The number of nitrogens with zero attached hydrogens (tertiary/aromatic N) is 1. The average Bonchev–Trinajstić information content (AvgIpc) is 3.09. The first-order chi connectivity index (χ1) is 20.9. The second-order valence-electron chi connectivity index (χ2n) is 10.7. The Bertz CT molecular complexity index is 2200. The second kappa shape index (κ2) is 10.1. The summed E-state index contributed by atoms with van der Waals surface area (Å²) in [4.78, 5) is 5.10. The Hall–Kier alpha value is -5.53. The van der Waals surface area contributed by atoms with E-state index in [1.165, 1.54) is 60.1 Å². The summed E-state index contributed by atoms with van der Waals surface area (Å²) in [6.07, 6.45) is 2.00. The summed E-state index contributed by atoms with van der Waals surface area (Å²) in [6, 6.07) is 56.4. The predicted octanol–water partition coefficient (Wildman–Crippen LogP) is 11.2. The lowest BCUT2D eigenvalue weighted by molar-refractivity contribution is 1.33. The van der Waals surface area contributed by atoms with E-state index in [1.807, 2.05) is 12.3 Å². The molecule has 8 aromatic rings. The lowest BCUT2D eigenvalue weighted by atomic mass is 9.82. The third kappa shape index (κ3) is 3.98. The van der Waals surface area contributed by atoms with Crippen molar-refractivity contribution in [2.24, 2.45) is 0 Å². The molecule has 0 aliphatic carbocycles. The van der Waals surface area contributed by atoms with E-state index in [9.17, 15) is 0 Å². The van der Waals surface area contributed by atoms with E-state index in [0.29, 0.717) is 0 Å². The molecule has 0 saturated carbocycles. The summed E-state index contributed by atoms with van der Waals surface area (Å²) in [7, 11) is 0. The van der Waals surface area contributed by atoms with Crippen molar-refractivity contribution in [1.29, 1.82) is 0 Å². The van der Waals surface area contributed by atoms with Crippen LogP contribution < -0.4 is 0 Å². The lowest BCUT2D eigenvalue weighted by Crippen LogP contribution is -1.95. The summed E-state index contributed by atoms with van der Waals surface area (Å²) in [6.45, 7) is 0. The van der Waals surface area contributed by atoms with Crippen molar-refractivity contribution < 1.29 is 0 Å². The Labute approximate surface area is 245 Å². The van der Waals surface area contributed by atoms with Gasteiger partial charge in [-0.1, -0.05) is 146 Å². The number of fused-ring (bicyclic) bond motifs is 6. The Morgan fingerprint density at radius 2 is 0.833 bits per heavy atom. The highest BCUT2D eigenvalue weighted by Crippen LogP contribution is 2.48. The summed E-state index contributed by atoms with van der Waals surface area (Å²) < 4.78 is 0. The van der Waals surface area contributed by atoms with Gasteiger partial charge in [0.05, 0.1) is 5.69 Å². The van der Waals surface area contributed by atoms with Crippen LogP contribution in [0.4, 0.5) is 0 Å². The largest absolute Gasteiger partial charge is 0.256 e. The Kier molecular flexibility index (Phi) is 5.86. The van der Waals surface area contributed by atoms with Crippen molar-refractivity contribution in [3.05, 3.63) is 164 Å². The van der Waals surface area contributed by atoms with Gasteiger partial charge in [0.1, 0.15) is 0 Å². The van der Waals surface area contributed by atoms with Crippen LogP contribution in [0.5, 0.6) is 0 Å². The van der Waals surface area contributed by atoms with Gasteiger partial charge in [0.15, 0.2) is 0 Å². The fraction of sp³-hybridized carbons (Fsp3) is 0. The maximum absolute atomic E-state index is 5.10. The first kappa shape index (κ1) is 24.3. The Balaban J connectivity index is 1.56. The lowest BCUT2D eigenvalue weighted by Gasteiger charge is -2.21. The molecule has 1 aromatic heterocycles. The van der Waals surface area contributed by atoms with E-state index >= 15 is 0 Å². The zero-order chi connectivity index (χ0) is 27.9. The highest BCUT2D eigenvalue weighted by atomic mass is 14.7. The van der Waals surface area contributed by atoms with E-state index < -0.39 is 0 Å². The Morgan fingerprint density at radius 1 is 0.333 bits per heavy atom. The van der Waals surface area contributed by atoms with Gasteiger partial charge in [-0.05, 0) is 72.3 Å². The number of hydrogen-bond donors (Lipinski definition) is 0. The third-order valence-corrected chi connectivity index (χ3v) is 8.30. The topological polar surface area (TPSA) is 12.9 Å². The molecule has 0 aliphatic heterocycles. The monoisotopic (exact) mass is 533 g/mol. The molecule has 0 amide bonds. The fourth-order valence-corrected chi connectivity index (χ4v) is 6.41. The molecule has 1 heteroatoms. The number of hydrogen-bond acceptors (Lipinski definition) is 1. The van der Waals surface area contributed by atoms with Crippen molar-refractivity contribution in [3.8, 4) is 44.6 Å². The van der Waals surface area contributed by atoms with E-state index in [0.717, 1.165) is 16.8 Å². The molecule has 42 heavy (non-hydrogen) atoms. The number of pyridine rings is 1. The van der Waals surface area contributed by atoms with Crippen molar-refractivity contribution >= 4 is 32.3 Å². The van der Waals surface area contributed by atoms with Gasteiger partial charge >= 0.3 is 0 Å². The molecule has 1 nitrogen and oxygen atoms in total. The number of rotatable bonds is 4. The molecule has 1 heterocycles. The van der Waals surface area contributed by atoms with Gasteiger partial charge in [0.25, 0.3) is 0 Å². The van der Waals surface area contributed by atoms with Crippen LogP contribution >= 0.6 is 0 Å². The van der Waals surface area contributed by atoms with Crippen LogP contribution in [0.2, 0.25) is 0 Å². The standard InChI is InChI=1S/C41H27N/c1-4-14-28(15-5-1)31-24-25-38(42-27-31)37-26-36(29-16-6-2-7-17-29)40-34-22-12-10-20-32(34)33-21-11-13-23-35(33)41(40)39(37)30-18-8-3-9-19-30/h1-27H. The van der Waals surface area contributed by atoms with Crippen LogP contribution in [0.25, 0.3) is 77.0 Å². The predicted molar refractivity (Wildman–Crippen MR) is 178 cm³/mol. The fourth-order valence-electron chi connectivity index (χ4n) is 6.41. The normalized spacial score (nSPS) is 11.3. The van der Waals surface area contributed by atoms with Gasteiger partial charge in [0, 0.05) is 17.3 Å². The zero-order valence-electron chi connectivity index (χ0n) is 23.0. The van der Waals surface area contributed by atoms with Gasteiger partial charge in [0.2, 0.25) is 0 Å². The molecule has 0 unspecified atom stereocenters. The molecule has 8 rings (SSSR count). The molecule has 0 saturated heterocycles. The first-order valence-electron chi connectivity index (χ1n) is 14.4. The van der Waals surface area contributed by atoms with Crippen LogP contribution in [0, 0.1) is 0 Å².